The topological polar surface area (TPSA) is 88.0 Å². The number of carbonyl (C=O) groups is 1. The zero-order valence-electron chi connectivity index (χ0n) is 12.2. The first-order chi connectivity index (χ1) is 11.6. The Balaban J connectivity index is 1.98. The Bertz CT molecular complexity index is 1160. The third kappa shape index (κ3) is 1.98. The molecule has 0 spiro atoms. The molecule has 0 radical (unpaired) electrons. The van der Waals surface area contributed by atoms with Gasteiger partial charge in [-0.15, -0.1) is 0 Å². The van der Waals surface area contributed by atoms with E-state index in [9.17, 15) is 14.0 Å². The molecular formula is C17H10FN3O3. The molecule has 7 heteroatoms. The molecule has 0 saturated carbocycles. The summed E-state index contributed by atoms with van der Waals surface area (Å²) in [6.45, 7) is 0. The number of hydrogen-bond donors (Lipinski definition) is 2. The molecule has 2 N–H and O–H groups in total. The lowest BCUT2D eigenvalue weighted by Crippen LogP contribution is -2.14. The zero-order chi connectivity index (χ0) is 16.8. The molecule has 0 aliphatic heterocycles. The summed E-state index contributed by atoms with van der Waals surface area (Å²) in [7, 11) is 0. The van der Waals surface area contributed by atoms with Gasteiger partial charge in [-0.1, -0.05) is 12.1 Å². The molecule has 24 heavy (non-hydrogen) atoms. The Kier molecular flexibility index (Phi) is 2.96. The lowest BCUT2D eigenvalue weighted by molar-refractivity contribution is 0.0697. The predicted molar refractivity (Wildman–Crippen MR) is 86.1 cm³/mol. The lowest BCUT2D eigenvalue weighted by atomic mass is 10.1. The largest absolute Gasteiger partial charge is 0.478 e. The number of benzene rings is 2. The van der Waals surface area contributed by atoms with Crippen LogP contribution in [0.1, 0.15) is 10.4 Å². The second-order valence-corrected chi connectivity index (χ2v) is 5.29. The van der Waals surface area contributed by atoms with Gasteiger partial charge in [0, 0.05) is 11.6 Å². The van der Waals surface area contributed by atoms with Crippen LogP contribution in [0.25, 0.3) is 27.5 Å². The van der Waals surface area contributed by atoms with Gasteiger partial charge in [-0.3, -0.25) is 14.9 Å². The minimum atomic E-state index is -1.05. The second-order valence-electron chi connectivity index (χ2n) is 5.29. The lowest BCUT2D eigenvalue weighted by Gasteiger charge is -2.02. The maximum atomic E-state index is 13.8. The van der Waals surface area contributed by atoms with Gasteiger partial charge in [0.15, 0.2) is 0 Å². The first-order valence-corrected chi connectivity index (χ1v) is 7.08. The van der Waals surface area contributed by atoms with E-state index in [0.717, 1.165) is 0 Å². The van der Waals surface area contributed by atoms with Gasteiger partial charge in [-0.05, 0) is 30.3 Å². The van der Waals surface area contributed by atoms with Crippen molar-refractivity contribution in [3.63, 3.8) is 0 Å². The summed E-state index contributed by atoms with van der Waals surface area (Å²) in [4.78, 5) is 27.5. The smallest absolute Gasteiger partial charge is 0.335 e. The van der Waals surface area contributed by atoms with Gasteiger partial charge in [0.05, 0.1) is 22.2 Å². The normalized spacial score (nSPS) is 11.2. The number of carboxylic acids is 1. The van der Waals surface area contributed by atoms with Crippen LogP contribution in [0.15, 0.2) is 53.5 Å². The number of aromatic nitrogens is 3. The molecule has 0 aliphatic rings. The Labute approximate surface area is 133 Å². The van der Waals surface area contributed by atoms with E-state index in [1.54, 1.807) is 12.1 Å². The van der Waals surface area contributed by atoms with E-state index in [1.807, 2.05) is 0 Å². The van der Waals surface area contributed by atoms with Gasteiger partial charge in [0.2, 0.25) is 0 Å². The number of H-pyrrole nitrogens is 1. The molecule has 0 atom stereocenters. The van der Waals surface area contributed by atoms with Crippen LogP contribution in [0.4, 0.5) is 4.39 Å². The van der Waals surface area contributed by atoms with E-state index in [-0.39, 0.29) is 16.6 Å². The summed E-state index contributed by atoms with van der Waals surface area (Å²) >= 11 is 0. The standard InChI is InChI=1S/C17H10FN3O3/c18-13-3-1-2-11-14-12(8-19-15(11)13)16(22)21(20-14)10-6-4-9(5-7-10)17(23)24/h1-8,20H,(H,23,24). The number of fused-ring (bicyclic) bond motifs is 3. The maximum absolute atomic E-state index is 13.8. The van der Waals surface area contributed by atoms with Crippen molar-refractivity contribution in [1.29, 1.82) is 0 Å². The van der Waals surface area contributed by atoms with Gasteiger partial charge >= 0.3 is 5.97 Å². The molecule has 0 bridgehead atoms. The number of pyridine rings is 1. The maximum Gasteiger partial charge on any atom is 0.335 e. The summed E-state index contributed by atoms with van der Waals surface area (Å²) in [5, 5.41) is 12.7. The molecule has 2 aromatic heterocycles. The third-order valence-corrected chi connectivity index (χ3v) is 3.88. The first kappa shape index (κ1) is 14.1. The van der Waals surface area contributed by atoms with Crippen molar-refractivity contribution < 1.29 is 14.3 Å². The van der Waals surface area contributed by atoms with Crippen LogP contribution in [0, 0.1) is 5.82 Å². The molecule has 2 aromatic carbocycles. The monoisotopic (exact) mass is 323 g/mol. The minimum absolute atomic E-state index is 0.122. The van der Waals surface area contributed by atoms with Crippen molar-refractivity contribution in [2.24, 2.45) is 0 Å². The van der Waals surface area contributed by atoms with E-state index in [0.29, 0.717) is 22.0 Å². The van der Waals surface area contributed by atoms with E-state index in [4.69, 9.17) is 5.11 Å². The summed E-state index contributed by atoms with van der Waals surface area (Å²) in [5.41, 5.74) is 0.918. The Hall–Kier alpha value is -3.48. The van der Waals surface area contributed by atoms with Gasteiger partial charge in [0.25, 0.3) is 5.56 Å². The average molecular weight is 323 g/mol. The van der Waals surface area contributed by atoms with E-state index in [1.165, 1.54) is 41.2 Å². The summed E-state index contributed by atoms with van der Waals surface area (Å²) < 4.78 is 15.1. The number of hydrogen-bond acceptors (Lipinski definition) is 3. The summed E-state index contributed by atoms with van der Waals surface area (Å²) in [6.07, 6.45) is 1.34. The van der Waals surface area contributed by atoms with Gasteiger partial charge in [-0.25, -0.2) is 13.9 Å². The average Bonchev–Trinajstić information content (AvgIpc) is 2.93. The highest BCUT2D eigenvalue weighted by atomic mass is 19.1. The van der Waals surface area contributed by atoms with Crippen molar-refractivity contribution in [3.8, 4) is 5.69 Å². The Morgan fingerprint density at radius 2 is 1.88 bits per heavy atom. The van der Waals surface area contributed by atoms with Gasteiger partial charge in [0.1, 0.15) is 11.3 Å². The van der Waals surface area contributed by atoms with E-state index >= 15 is 0 Å². The molecule has 118 valence electrons. The fraction of sp³-hybridized carbons (Fsp3) is 0. The fourth-order valence-electron chi connectivity index (χ4n) is 2.69. The van der Waals surface area contributed by atoms with Crippen molar-refractivity contribution in [2.75, 3.05) is 0 Å². The van der Waals surface area contributed by atoms with Crippen molar-refractivity contribution in [1.82, 2.24) is 14.8 Å². The van der Waals surface area contributed by atoms with Crippen molar-refractivity contribution in [2.45, 2.75) is 0 Å². The molecule has 0 saturated heterocycles. The van der Waals surface area contributed by atoms with Crippen LogP contribution in [0.2, 0.25) is 0 Å². The van der Waals surface area contributed by atoms with E-state index in [2.05, 4.69) is 10.1 Å². The highest BCUT2D eigenvalue weighted by molar-refractivity contribution is 6.02. The molecule has 4 rings (SSSR count). The SMILES string of the molecule is O=C(O)c1ccc(-n2[nH]c3c(cnc4c(F)cccc43)c2=O)cc1. The number of carboxylic acid groups (broad SMARTS) is 1. The van der Waals surface area contributed by atoms with Gasteiger partial charge in [-0.2, -0.15) is 0 Å². The highest BCUT2D eigenvalue weighted by Crippen LogP contribution is 2.22. The number of aromatic amines is 1. The molecule has 0 amide bonds. The van der Waals surface area contributed by atoms with Crippen LogP contribution < -0.4 is 5.56 Å². The van der Waals surface area contributed by atoms with Crippen molar-refractivity contribution >= 4 is 27.8 Å². The number of para-hydroxylation sites is 1. The molecule has 0 unspecified atom stereocenters. The van der Waals surface area contributed by atoms with Crippen molar-refractivity contribution in [3.05, 3.63) is 70.4 Å². The number of aromatic carboxylic acids is 1. The first-order valence-electron chi connectivity index (χ1n) is 7.08. The number of halogens is 1. The minimum Gasteiger partial charge on any atom is -0.478 e. The molecule has 2 heterocycles. The predicted octanol–water partition coefficient (Wildman–Crippen LogP) is 2.70. The Morgan fingerprint density at radius 3 is 2.58 bits per heavy atom. The fourth-order valence-corrected chi connectivity index (χ4v) is 2.69. The quantitative estimate of drug-likeness (QED) is 0.594. The van der Waals surface area contributed by atoms with Crippen LogP contribution in [0.3, 0.4) is 0 Å². The van der Waals surface area contributed by atoms with Gasteiger partial charge < -0.3 is 5.11 Å². The number of nitrogens with zero attached hydrogens (tertiary/aromatic N) is 2. The molecular weight excluding hydrogens is 313 g/mol. The highest BCUT2D eigenvalue weighted by Gasteiger charge is 2.14. The molecule has 0 fully saturated rings. The van der Waals surface area contributed by atoms with Crippen LogP contribution in [-0.2, 0) is 0 Å². The van der Waals surface area contributed by atoms with Crippen LogP contribution in [-0.4, -0.2) is 25.8 Å². The summed E-state index contributed by atoms with van der Waals surface area (Å²) in [6, 6.07) is 10.4. The van der Waals surface area contributed by atoms with Crippen LogP contribution >= 0.6 is 0 Å². The molecule has 0 aliphatic carbocycles. The Morgan fingerprint density at radius 1 is 1.12 bits per heavy atom. The molecule has 6 nitrogen and oxygen atoms in total. The van der Waals surface area contributed by atoms with Crippen LogP contribution in [0.5, 0.6) is 0 Å². The molecule has 4 aromatic rings. The zero-order valence-corrected chi connectivity index (χ0v) is 12.2. The third-order valence-electron chi connectivity index (χ3n) is 3.88. The number of nitrogens with one attached hydrogen (secondary N) is 1. The van der Waals surface area contributed by atoms with E-state index < -0.39 is 11.8 Å². The summed E-state index contributed by atoms with van der Waals surface area (Å²) in [5.74, 6) is -1.51. The number of rotatable bonds is 2. The second kappa shape index (κ2) is 5.02.